The van der Waals surface area contributed by atoms with Gasteiger partial charge < -0.3 is 14.2 Å². The van der Waals surface area contributed by atoms with Crippen LogP contribution in [0.3, 0.4) is 0 Å². The molecule has 5 nitrogen and oxygen atoms in total. The van der Waals surface area contributed by atoms with Crippen LogP contribution in [0.4, 0.5) is 0 Å². The molecule has 2 unspecified atom stereocenters. The molecule has 4 rings (SSSR count). The molecular formula is C28H44O5. The van der Waals surface area contributed by atoms with Gasteiger partial charge in [-0.05, 0) is 84.9 Å². The highest BCUT2D eigenvalue weighted by molar-refractivity contribution is 6.33. The van der Waals surface area contributed by atoms with Crippen molar-refractivity contribution in [2.45, 2.75) is 85.2 Å². The number of methoxy groups -OCH3 is 2. The molecule has 4 aliphatic carbocycles. The number of carbonyl (C=O) groups is 2. The lowest BCUT2D eigenvalue weighted by Crippen LogP contribution is -2.58. The van der Waals surface area contributed by atoms with Gasteiger partial charge in [0.2, 0.25) is 5.78 Å². The van der Waals surface area contributed by atoms with Crippen LogP contribution >= 0.6 is 0 Å². The standard InChI is InChI=1S/C28H44O5/c1-17-9-11-27(3)19(13-17)15-24(33-16-31-5)25-21-8-7-20(28(21,4)12-10-22(25)27)18(2)14-23(29)26(30)32-6/h7,17-19,21-22,24-25H,8-16H2,1-6H3/t17-,18-,19+,21+,22?,24-,25?,27+,28-/m1/s1. The third-order valence-corrected chi connectivity index (χ3v) is 10.4. The minimum Gasteiger partial charge on any atom is -0.463 e. The third kappa shape index (κ3) is 4.22. The van der Waals surface area contributed by atoms with Gasteiger partial charge in [-0.1, -0.05) is 45.8 Å². The van der Waals surface area contributed by atoms with E-state index in [1.54, 1.807) is 7.11 Å². The molecular weight excluding hydrogens is 416 g/mol. The highest BCUT2D eigenvalue weighted by Gasteiger charge is 2.61. The zero-order chi connectivity index (χ0) is 24.0. The fourth-order valence-electron chi connectivity index (χ4n) is 8.70. The lowest BCUT2D eigenvalue weighted by molar-refractivity contribution is -0.199. The number of Topliss-reactive ketones (excluding diaryl/α,β-unsaturated/α-hetero) is 1. The third-order valence-electron chi connectivity index (χ3n) is 10.4. The minimum absolute atomic E-state index is 0.0592. The average Bonchev–Trinajstić information content (AvgIpc) is 3.14. The van der Waals surface area contributed by atoms with Crippen LogP contribution in [0.15, 0.2) is 11.6 Å². The Kier molecular flexibility index (Phi) is 7.13. The molecule has 0 aliphatic heterocycles. The van der Waals surface area contributed by atoms with Crippen LogP contribution in [-0.2, 0) is 23.8 Å². The predicted molar refractivity (Wildman–Crippen MR) is 127 cm³/mol. The SMILES string of the molecule is COCO[C@@H]1C[C@@H]2C[C@H](C)CC[C@]2(C)C2CC[C@]3(C)C([C@H](C)CC(=O)C(=O)OC)=CC[C@H]3C21. The van der Waals surface area contributed by atoms with Gasteiger partial charge in [-0.3, -0.25) is 4.79 Å². The van der Waals surface area contributed by atoms with E-state index in [0.29, 0.717) is 30.0 Å². The van der Waals surface area contributed by atoms with Gasteiger partial charge in [-0.25, -0.2) is 4.79 Å². The highest BCUT2D eigenvalue weighted by Crippen LogP contribution is 2.67. The van der Waals surface area contributed by atoms with Gasteiger partial charge in [0.05, 0.1) is 13.2 Å². The Morgan fingerprint density at radius 1 is 1.12 bits per heavy atom. The summed E-state index contributed by atoms with van der Waals surface area (Å²) in [4.78, 5) is 24.0. The number of ether oxygens (including phenoxy) is 3. The zero-order valence-electron chi connectivity index (χ0n) is 21.5. The Hall–Kier alpha value is -1.20. The second-order valence-corrected chi connectivity index (χ2v) is 12.1. The molecule has 0 amide bonds. The molecule has 33 heavy (non-hydrogen) atoms. The molecule has 0 aromatic rings. The quantitative estimate of drug-likeness (QED) is 0.215. The fraction of sp³-hybridized carbons (Fsp3) is 0.857. The molecule has 0 bridgehead atoms. The summed E-state index contributed by atoms with van der Waals surface area (Å²) in [6.45, 7) is 9.87. The molecule has 0 radical (unpaired) electrons. The van der Waals surface area contributed by atoms with E-state index in [-0.39, 0.29) is 23.9 Å². The van der Waals surface area contributed by atoms with Crippen LogP contribution in [-0.4, -0.2) is 38.9 Å². The molecule has 5 heteroatoms. The predicted octanol–water partition coefficient (Wildman–Crippen LogP) is 5.57. The van der Waals surface area contributed by atoms with E-state index in [4.69, 9.17) is 9.47 Å². The maximum Gasteiger partial charge on any atom is 0.374 e. The van der Waals surface area contributed by atoms with Crippen molar-refractivity contribution in [1.29, 1.82) is 0 Å². The first kappa shape index (κ1) is 24.9. The van der Waals surface area contributed by atoms with E-state index in [1.807, 2.05) is 0 Å². The van der Waals surface area contributed by atoms with Gasteiger partial charge in [0.1, 0.15) is 6.79 Å². The van der Waals surface area contributed by atoms with Crippen LogP contribution in [0.25, 0.3) is 0 Å². The molecule has 4 aliphatic rings. The number of fused-ring (bicyclic) bond motifs is 5. The minimum atomic E-state index is -0.725. The van der Waals surface area contributed by atoms with E-state index >= 15 is 0 Å². The van der Waals surface area contributed by atoms with Crippen molar-refractivity contribution in [2.24, 2.45) is 46.3 Å². The van der Waals surface area contributed by atoms with Crippen molar-refractivity contribution in [3.8, 4) is 0 Å². The first-order chi connectivity index (χ1) is 15.7. The Labute approximate surface area is 200 Å². The molecule has 0 heterocycles. The second-order valence-electron chi connectivity index (χ2n) is 12.1. The van der Waals surface area contributed by atoms with Crippen molar-refractivity contribution < 1.29 is 23.8 Å². The number of hydrogen-bond donors (Lipinski definition) is 0. The second kappa shape index (κ2) is 9.45. The lowest BCUT2D eigenvalue weighted by Gasteiger charge is -2.63. The van der Waals surface area contributed by atoms with Crippen molar-refractivity contribution in [1.82, 2.24) is 0 Å². The van der Waals surface area contributed by atoms with E-state index in [2.05, 4.69) is 38.5 Å². The molecule has 0 N–H and O–H groups in total. The summed E-state index contributed by atoms with van der Waals surface area (Å²) in [5.41, 5.74) is 1.84. The molecule has 3 saturated carbocycles. The van der Waals surface area contributed by atoms with Gasteiger partial charge in [-0.2, -0.15) is 0 Å². The highest BCUT2D eigenvalue weighted by atomic mass is 16.7. The first-order valence-corrected chi connectivity index (χ1v) is 13.1. The van der Waals surface area contributed by atoms with Crippen molar-refractivity contribution in [3.63, 3.8) is 0 Å². The number of rotatable bonds is 7. The van der Waals surface area contributed by atoms with Crippen molar-refractivity contribution in [3.05, 3.63) is 11.6 Å². The average molecular weight is 461 g/mol. The summed E-state index contributed by atoms with van der Waals surface area (Å²) in [6, 6.07) is 0. The van der Waals surface area contributed by atoms with Crippen LogP contribution in [0.1, 0.15) is 79.1 Å². The Morgan fingerprint density at radius 2 is 1.88 bits per heavy atom. The maximum atomic E-state index is 12.3. The number of ketones is 1. The maximum absolute atomic E-state index is 12.3. The van der Waals surface area contributed by atoms with Crippen LogP contribution in [0.5, 0.6) is 0 Å². The van der Waals surface area contributed by atoms with Gasteiger partial charge >= 0.3 is 5.97 Å². The van der Waals surface area contributed by atoms with E-state index in [9.17, 15) is 9.59 Å². The summed E-state index contributed by atoms with van der Waals surface area (Å²) in [5.74, 6) is 2.19. The summed E-state index contributed by atoms with van der Waals surface area (Å²) in [5, 5.41) is 0. The Bertz CT molecular complexity index is 789. The molecule has 9 atom stereocenters. The van der Waals surface area contributed by atoms with Crippen LogP contribution in [0, 0.1) is 46.3 Å². The van der Waals surface area contributed by atoms with Gasteiger partial charge in [0.15, 0.2) is 0 Å². The topological polar surface area (TPSA) is 61.8 Å². The number of hydrogen-bond acceptors (Lipinski definition) is 5. The van der Waals surface area contributed by atoms with E-state index in [1.165, 1.54) is 38.4 Å². The van der Waals surface area contributed by atoms with E-state index in [0.717, 1.165) is 31.1 Å². The monoisotopic (exact) mass is 460 g/mol. The summed E-state index contributed by atoms with van der Waals surface area (Å²) in [7, 11) is 2.99. The lowest BCUT2D eigenvalue weighted by atomic mass is 9.43. The summed E-state index contributed by atoms with van der Waals surface area (Å²) >= 11 is 0. The fourth-order valence-corrected chi connectivity index (χ4v) is 8.70. The summed E-state index contributed by atoms with van der Waals surface area (Å²) < 4.78 is 16.5. The van der Waals surface area contributed by atoms with E-state index < -0.39 is 11.8 Å². The number of allylic oxidation sites excluding steroid dienone is 2. The molecule has 3 fully saturated rings. The molecule has 0 aromatic heterocycles. The van der Waals surface area contributed by atoms with Crippen molar-refractivity contribution in [2.75, 3.05) is 21.0 Å². The summed E-state index contributed by atoms with van der Waals surface area (Å²) in [6.07, 6.45) is 11.5. The normalized spacial score (nSPS) is 43.0. The number of carbonyl (C=O) groups excluding carboxylic acids is 2. The molecule has 0 spiro atoms. The number of esters is 1. The van der Waals surface area contributed by atoms with Gasteiger partial charge in [0, 0.05) is 13.5 Å². The van der Waals surface area contributed by atoms with Crippen molar-refractivity contribution >= 4 is 11.8 Å². The smallest absolute Gasteiger partial charge is 0.374 e. The molecule has 0 aromatic carbocycles. The Morgan fingerprint density at radius 3 is 2.58 bits per heavy atom. The molecule has 186 valence electrons. The first-order valence-electron chi connectivity index (χ1n) is 13.1. The molecule has 0 saturated heterocycles. The largest absolute Gasteiger partial charge is 0.463 e. The van der Waals surface area contributed by atoms with Gasteiger partial charge in [0.25, 0.3) is 0 Å². The van der Waals surface area contributed by atoms with Gasteiger partial charge in [-0.15, -0.1) is 0 Å². The Balaban J connectivity index is 1.59. The van der Waals surface area contributed by atoms with Crippen LogP contribution < -0.4 is 0 Å². The van der Waals surface area contributed by atoms with Crippen LogP contribution in [0.2, 0.25) is 0 Å². The zero-order valence-corrected chi connectivity index (χ0v) is 21.5.